The third-order valence-corrected chi connectivity index (χ3v) is 2.89. The Morgan fingerprint density at radius 3 is 2.94 bits per heavy atom. The summed E-state index contributed by atoms with van der Waals surface area (Å²) in [5.41, 5.74) is 4.72. The second-order valence-corrected chi connectivity index (χ2v) is 4.16. The van der Waals surface area contributed by atoms with Gasteiger partial charge in [0, 0.05) is 12.5 Å². The molecule has 8 heteroatoms. The highest BCUT2D eigenvalue weighted by atomic mass is 35.5. The van der Waals surface area contributed by atoms with Gasteiger partial charge in [0.25, 0.3) is 0 Å². The van der Waals surface area contributed by atoms with E-state index in [2.05, 4.69) is 4.98 Å². The number of anilines is 1. The standard InChI is InChI=1S/C9H12ClN3O4/c10-6-2-7(11)12-9(16)13(6)8-1-4(15)5(3-14)17-8/h2,4-5,8,14-15H,1,3H2,(H2,11,12,16)/t4-,5+,8+/m0/s1. The molecule has 1 aromatic heterocycles. The first-order valence-electron chi connectivity index (χ1n) is 5.02. The van der Waals surface area contributed by atoms with Crippen molar-refractivity contribution in [3.8, 4) is 0 Å². The van der Waals surface area contributed by atoms with Gasteiger partial charge in [-0.05, 0) is 0 Å². The van der Waals surface area contributed by atoms with Crippen LogP contribution in [0, 0.1) is 0 Å². The molecular formula is C9H12ClN3O4. The number of hydrogen-bond acceptors (Lipinski definition) is 6. The van der Waals surface area contributed by atoms with Crippen molar-refractivity contribution >= 4 is 17.4 Å². The van der Waals surface area contributed by atoms with Crippen LogP contribution in [0.2, 0.25) is 5.15 Å². The number of ether oxygens (including phenoxy) is 1. The van der Waals surface area contributed by atoms with E-state index in [0.29, 0.717) is 0 Å². The Bertz CT molecular complexity index is 478. The first kappa shape index (κ1) is 12.3. The lowest BCUT2D eigenvalue weighted by molar-refractivity contribution is -0.0457. The first-order chi connectivity index (χ1) is 8.02. The molecule has 94 valence electrons. The number of aliphatic hydroxyl groups excluding tert-OH is 2. The molecule has 2 rings (SSSR count). The molecule has 0 spiro atoms. The van der Waals surface area contributed by atoms with Gasteiger partial charge in [0.1, 0.15) is 23.3 Å². The zero-order valence-corrected chi connectivity index (χ0v) is 9.54. The van der Waals surface area contributed by atoms with Gasteiger partial charge in [-0.15, -0.1) is 0 Å². The van der Waals surface area contributed by atoms with Crippen LogP contribution in [0.3, 0.4) is 0 Å². The molecular weight excluding hydrogens is 250 g/mol. The second-order valence-electron chi connectivity index (χ2n) is 3.77. The van der Waals surface area contributed by atoms with Crippen LogP contribution in [0.4, 0.5) is 5.82 Å². The van der Waals surface area contributed by atoms with E-state index >= 15 is 0 Å². The Morgan fingerprint density at radius 1 is 1.71 bits per heavy atom. The molecule has 2 heterocycles. The molecule has 1 aliphatic rings. The minimum atomic E-state index is -0.842. The Morgan fingerprint density at radius 2 is 2.41 bits per heavy atom. The molecule has 0 aliphatic carbocycles. The van der Waals surface area contributed by atoms with Gasteiger partial charge in [0.05, 0.1) is 12.7 Å². The molecule has 0 unspecified atom stereocenters. The fourth-order valence-electron chi connectivity index (χ4n) is 1.78. The van der Waals surface area contributed by atoms with Crippen LogP contribution in [-0.2, 0) is 4.74 Å². The lowest BCUT2D eigenvalue weighted by Crippen LogP contribution is -2.29. The van der Waals surface area contributed by atoms with Crippen LogP contribution in [0.25, 0.3) is 0 Å². The first-order valence-corrected chi connectivity index (χ1v) is 5.39. The van der Waals surface area contributed by atoms with Crippen molar-refractivity contribution < 1.29 is 14.9 Å². The summed E-state index contributed by atoms with van der Waals surface area (Å²) in [6.07, 6.45) is -2.14. The summed E-state index contributed by atoms with van der Waals surface area (Å²) in [5, 5.41) is 18.6. The number of nitrogen functional groups attached to an aromatic ring is 1. The number of nitrogens with zero attached hydrogens (tertiary/aromatic N) is 2. The van der Waals surface area contributed by atoms with Gasteiger partial charge >= 0.3 is 5.69 Å². The number of rotatable bonds is 2. The van der Waals surface area contributed by atoms with Crippen molar-refractivity contribution in [2.45, 2.75) is 24.9 Å². The number of aliphatic hydroxyl groups is 2. The van der Waals surface area contributed by atoms with Crippen molar-refractivity contribution in [2.75, 3.05) is 12.3 Å². The summed E-state index contributed by atoms with van der Waals surface area (Å²) in [6.45, 7) is -0.327. The number of nitrogens with two attached hydrogens (primary N) is 1. The number of hydrogen-bond donors (Lipinski definition) is 3. The summed E-state index contributed by atoms with van der Waals surface area (Å²) in [4.78, 5) is 15.1. The number of halogens is 1. The fraction of sp³-hybridized carbons (Fsp3) is 0.556. The second kappa shape index (κ2) is 4.61. The maximum Gasteiger partial charge on any atom is 0.352 e. The minimum absolute atomic E-state index is 0.0218. The molecule has 7 nitrogen and oxygen atoms in total. The van der Waals surface area contributed by atoms with E-state index in [-0.39, 0.29) is 24.0 Å². The molecule has 0 bridgehead atoms. The molecule has 0 amide bonds. The molecule has 1 fully saturated rings. The van der Waals surface area contributed by atoms with E-state index in [1.165, 1.54) is 6.07 Å². The Hall–Kier alpha value is -1.15. The highest BCUT2D eigenvalue weighted by Gasteiger charge is 2.35. The fourth-order valence-corrected chi connectivity index (χ4v) is 2.07. The average molecular weight is 262 g/mol. The monoisotopic (exact) mass is 261 g/mol. The predicted octanol–water partition coefficient (Wildman–Crippen LogP) is -0.880. The van der Waals surface area contributed by atoms with E-state index in [4.69, 9.17) is 27.2 Å². The van der Waals surface area contributed by atoms with Crippen molar-refractivity contribution in [3.63, 3.8) is 0 Å². The molecule has 0 saturated carbocycles. The van der Waals surface area contributed by atoms with Crippen LogP contribution < -0.4 is 11.4 Å². The van der Waals surface area contributed by atoms with Gasteiger partial charge in [0.15, 0.2) is 0 Å². The third kappa shape index (κ3) is 2.27. The zero-order valence-electron chi connectivity index (χ0n) is 8.78. The molecule has 0 radical (unpaired) electrons. The van der Waals surface area contributed by atoms with E-state index in [1.54, 1.807) is 0 Å². The summed E-state index contributed by atoms with van der Waals surface area (Å²) in [7, 11) is 0. The SMILES string of the molecule is Nc1cc(Cl)n([C@H]2C[C@H](O)[C@@H](CO)O2)c(=O)n1. The molecule has 1 saturated heterocycles. The van der Waals surface area contributed by atoms with Crippen LogP contribution in [0.5, 0.6) is 0 Å². The van der Waals surface area contributed by atoms with E-state index < -0.39 is 24.1 Å². The maximum absolute atomic E-state index is 11.6. The summed E-state index contributed by atoms with van der Waals surface area (Å²) in [5.74, 6) is 0.0218. The predicted molar refractivity (Wildman–Crippen MR) is 59.5 cm³/mol. The molecule has 1 aromatic rings. The maximum atomic E-state index is 11.6. The van der Waals surface area contributed by atoms with Crippen LogP contribution >= 0.6 is 11.6 Å². The van der Waals surface area contributed by atoms with Crippen molar-refractivity contribution in [2.24, 2.45) is 0 Å². The van der Waals surface area contributed by atoms with Gasteiger partial charge in [0.2, 0.25) is 0 Å². The Labute approximate surface area is 101 Å². The Kier molecular flexibility index (Phi) is 3.34. The van der Waals surface area contributed by atoms with Crippen molar-refractivity contribution in [1.29, 1.82) is 0 Å². The number of aromatic nitrogens is 2. The van der Waals surface area contributed by atoms with Crippen LogP contribution in [0.1, 0.15) is 12.6 Å². The highest BCUT2D eigenvalue weighted by molar-refractivity contribution is 6.29. The quantitative estimate of drug-likeness (QED) is 0.596. The van der Waals surface area contributed by atoms with E-state index in [0.717, 1.165) is 4.57 Å². The van der Waals surface area contributed by atoms with Crippen molar-refractivity contribution in [1.82, 2.24) is 9.55 Å². The summed E-state index contributed by atoms with van der Waals surface area (Å²) >= 11 is 5.87. The minimum Gasteiger partial charge on any atom is -0.394 e. The van der Waals surface area contributed by atoms with Gasteiger partial charge in [-0.25, -0.2) is 4.79 Å². The molecule has 1 aliphatic heterocycles. The van der Waals surface area contributed by atoms with Crippen LogP contribution in [0.15, 0.2) is 10.9 Å². The smallest absolute Gasteiger partial charge is 0.352 e. The lowest BCUT2D eigenvalue weighted by atomic mass is 10.2. The van der Waals surface area contributed by atoms with Crippen molar-refractivity contribution in [3.05, 3.63) is 21.7 Å². The molecule has 17 heavy (non-hydrogen) atoms. The zero-order chi connectivity index (χ0) is 12.6. The van der Waals surface area contributed by atoms with Crippen LogP contribution in [-0.4, -0.2) is 38.6 Å². The topological polar surface area (TPSA) is 111 Å². The van der Waals surface area contributed by atoms with E-state index in [1.807, 2.05) is 0 Å². The van der Waals surface area contributed by atoms with Gasteiger partial charge in [-0.2, -0.15) is 4.98 Å². The summed E-state index contributed by atoms with van der Waals surface area (Å²) < 4.78 is 6.40. The lowest BCUT2D eigenvalue weighted by Gasteiger charge is -2.15. The largest absolute Gasteiger partial charge is 0.394 e. The normalized spacial score (nSPS) is 28.5. The third-order valence-electron chi connectivity index (χ3n) is 2.60. The molecule has 0 aromatic carbocycles. The van der Waals surface area contributed by atoms with Gasteiger partial charge in [-0.1, -0.05) is 11.6 Å². The Balaban J connectivity index is 2.34. The summed E-state index contributed by atoms with van der Waals surface area (Å²) in [6, 6.07) is 1.32. The van der Waals surface area contributed by atoms with Gasteiger partial charge in [-0.3, -0.25) is 4.57 Å². The highest BCUT2D eigenvalue weighted by Crippen LogP contribution is 2.29. The molecule has 3 atom stereocenters. The molecule has 4 N–H and O–H groups in total. The van der Waals surface area contributed by atoms with Gasteiger partial charge < -0.3 is 20.7 Å². The average Bonchev–Trinajstić information content (AvgIpc) is 2.57. The van der Waals surface area contributed by atoms with E-state index in [9.17, 15) is 9.90 Å².